The minimum atomic E-state index is -0.489. The Morgan fingerprint density at radius 2 is 2.18 bits per heavy atom. The molecule has 1 aliphatic heterocycles. The summed E-state index contributed by atoms with van der Waals surface area (Å²) in [5, 5.41) is 8.44. The fourth-order valence-electron chi connectivity index (χ4n) is 1.58. The second kappa shape index (κ2) is 4.63. The molecular formula is C11H12ClN3O2. The molecule has 2 rings (SSSR count). The minimum Gasteiger partial charge on any atom is -0.365 e. The maximum Gasteiger partial charge on any atom is 0.323 e. The number of carbonyl (C=O) groups is 2. The zero-order valence-corrected chi connectivity index (χ0v) is 9.97. The molecule has 0 aliphatic carbocycles. The third-order valence-electron chi connectivity index (χ3n) is 2.46. The summed E-state index contributed by atoms with van der Waals surface area (Å²) in [6.45, 7) is 1.90. The van der Waals surface area contributed by atoms with E-state index in [-0.39, 0.29) is 12.3 Å². The van der Waals surface area contributed by atoms with Crippen LogP contribution in [0, 0.1) is 6.92 Å². The summed E-state index contributed by atoms with van der Waals surface area (Å²) in [6, 6.07) is 4.99. The number of benzene rings is 1. The molecular weight excluding hydrogens is 242 g/mol. The number of aryl methyl sites for hydroxylation is 1. The van der Waals surface area contributed by atoms with Gasteiger partial charge >= 0.3 is 6.03 Å². The summed E-state index contributed by atoms with van der Waals surface area (Å²) in [6.07, 6.45) is -0.216. The lowest BCUT2D eigenvalue weighted by molar-refractivity contribution is -0.121. The van der Waals surface area contributed by atoms with Crippen molar-refractivity contribution in [3.8, 4) is 0 Å². The van der Waals surface area contributed by atoms with E-state index >= 15 is 0 Å². The number of halogens is 1. The molecule has 1 saturated heterocycles. The fraction of sp³-hybridized carbons (Fsp3) is 0.273. The Balaban J connectivity index is 2.07. The van der Waals surface area contributed by atoms with Gasteiger partial charge in [-0.1, -0.05) is 17.7 Å². The Labute approximate surface area is 104 Å². The van der Waals surface area contributed by atoms with Gasteiger partial charge in [-0.3, -0.25) is 10.1 Å². The van der Waals surface area contributed by atoms with Crippen LogP contribution in [0.3, 0.4) is 0 Å². The first-order valence-electron chi connectivity index (χ1n) is 5.17. The van der Waals surface area contributed by atoms with Crippen molar-refractivity contribution in [2.24, 2.45) is 0 Å². The molecule has 0 bridgehead atoms. The minimum absolute atomic E-state index is 0.192. The molecule has 1 atom stereocenters. The molecule has 3 N–H and O–H groups in total. The maximum atomic E-state index is 11.2. The van der Waals surface area contributed by atoms with E-state index in [1.807, 2.05) is 19.1 Å². The first kappa shape index (κ1) is 11.7. The molecule has 1 aromatic rings. The van der Waals surface area contributed by atoms with Crippen LogP contribution >= 0.6 is 11.6 Å². The molecule has 6 heteroatoms. The van der Waals surface area contributed by atoms with Crippen LogP contribution < -0.4 is 16.0 Å². The van der Waals surface area contributed by atoms with Gasteiger partial charge < -0.3 is 10.6 Å². The summed E-state index contributed by atoms with van der Waals surface area (Å²) in [5.41, 5.74) is 1.74. The number of hydrogen-bond donors (Lipinski definition) is 3. The largest absolute Gasteiger partial charge is 0.365 e. The average Bonchev–Trinajstić information content (AvgIpc) is 2.22. The molecule has 0 saturated carbocycles. The summed E-state index contributed by atoms with van der Waals surface area (Å²) in [4.78, 5) is 22.2. The highest BCUT2D eigenvalue weighted by atomic mass is 35.5. The zero-order chi connectivity index (χ0) is 12.4. The molecule has 5 nitrogen and oxygen atoms in total. The van der Waals surface area contributed by atoms with Crippen molar-refractivity contribution < 1.29 is 9.59 Å². The number of hydrogen-bond acceptors (Lipinski definition) is 3. The molecule has 0 aromatic heterocycles. The van der Waals surface area contributed by atoms with E-state index in [2.05, 4.69) is 16.0 Å². The number of imide groups is 1. The maximum absolute atomic E-state index is 11.2. The van der Waals surface area contributed by atoms with Gasteiger partial charge in [0.05, 0.1) is 6.42 Å². The Kier molecular flexibility index (Phi) is 3.19. The predicted molar refractivity (Wildman–Crippen MR) is 64.9 cm³/mol. The van der Waals surface area contributed by atoms with Gasteiger partial charge in [-0.05, 0) is 24.6 Å². The van der Waals surface area contributed by atoms with E-state index in [9.17, 15) is 9.59 Å². The van der Waals surface area contributed by atoms with E-state index in [4.69, 9.17) is 11.6 Å². The second-order valence-corrected chi connectivity index (χ2v) is 4.29. The van der Waals surface area contributed by atoms with Gasteiger partial charge in [0.1, 0.15) is 6.17 Å². The monoisotopic (exact) mass is 253 g/mol. The van der Waals surface area contributed by atoms with Crippen LogP contribution in [0.5, 0.6) is 0 Å². The van der Waals surface area contributed by atoms with Crippen molar-refractivity contribution in [3.63, 3.8) is 0 Å². The number of urea groups is 1. The lowest BCUT2D eigenvalue weighted by atomic mass is 10.2. The van der Waals surface area contributed by atoms with Crippen molar-refractivity contribution >= 4 is 29.2 Å². The van der Waals surface area contributed by atoms with Crippen LogP contribution in [0.4, 0.5) is 10.5 Å². The smallest absolute Gasteiger partial charge is 0.323 e. The van der Waals surface area contributed by atoms with Crippen LogP contribution in [0.15, 0.2) is 18.2 Å². The van der Waals surface area contributed by atoms with Crippen molar-refractivity contribution in [3.05, 3.63) is 28.8 Å². The molecule has 0 spiro atoms. The Morgan fingerprint density at radius 1 is 1.41 bits per heavy atom. The summed E-state index contributed by atoms with van der Waals surface area (Å²) >= 11 is 5.98. The highest BCUT2D eigenvalue weighted by molar-refractivity contribution is 6.31. The normalized spacial score (nSPS) is 19.5. The van der Waals surface area contributed by atoms with Crippen LogP contribution in [0.25, 0.3) is 0 Å². The molecule has 3 amide bonds. The SMILES string of the molecule is Cc1ccc(NC2CC(=O)NC(=O)N2)cc1Cl. The first-order valence-corrected chi connectivity index (χ1v) is 5.55. The van der Waals surface area contributed by atoms with Gasteiger partial charge in [0.15, 0.2) is 0 Å². The van der Waals surface area contributed by atoms with Crippen LogP contribution in [-0.4, -0.2) is 18.1 Å². The quantitative estimate of drug-likeness (QED) is 0.750. The topological polar surface area (TPSA) is 70.2 Å². The highest BCUT2D eigenvalue weighted by Crippen LogP contribution is 2.20. The Morgan fingerprint density at radius 3 is 2.82 bits per heavy atom. The molecule has 1 aliphatic rings. The molecule has 1 fully saturated rings. The Bertz CT molecular complexity index is 460. The highest BCUT2D eigenvalue weighted by Gasteiger charge is 2.23. The fourth-order valence-corrected chi connectivity index (χ4v) is 1.76. The molecule has 90 valence electrons. The van der Waals surface area contributed by atoms with Crippen molar-refractivity contribution in [2.45, 2.75) is 19.5 Å². The molecule has 1 unspecified atom stereocenters. The van der Waals surface area contributed by atoms with Crippen molar-refractivity contribution in [1.29, 1.82) is 0 Å². The summed E-state index contributed by atoms with van der Waals surface area (Å²) < 4.78 is 0. The van der Waals surface area contributed by atoms with Gasteiger partial charge in [-0.2, -0.15) is 0 Å². The van der Waals surface area contributed by atoms with Crippen molar-refractivity contribution in [2.75, 3.05) is 5.32 Å². The Hall–Kier alpha value is -1.75. The summed E-state index contributed by atoms with van der Waals surface area (Å²) in [7, 11) is 0. The van der Waals surface area contributed by atoms with E-state index in [1.54, 1.807) is 6.07 Å². The molecule has 0 radical (unpaired) electrons. The average molecular weight is 254 g/mol. The van der Waals surface area contributed by atoms with E-state index < -0.39 is 12.2 Å². The number of carbonyl (C=O) groups excluding carboxylic acids is 2. The van der Waals surface area contributed by atoms with Crippen LogP contribution in [0.2, 0.25) is 5.02 Å². The van der Waals surface area contributed by atoms with Gasteiger partial charge in [-0.15, -0.1) is 0 Å². The van der Waals surface area contributed by atoms with Gasteiger partial charge in [0, 0.05) is 10.7 Å². The summed E-state index contributed by atoms with van der Waals surface area (Å²) in [5.74, 6) is -0.301. The molecule has 1 aromatic carbocycles. The number of rotatable bonds is 2. The van der Waals surface area contributed by atoms with E-state index in [0.717, 1.165) is 11.3 Å². The number of anilines is 1. The third-order valence-corrected chi connectivity index (χ3v) is 2.87. The standard InChI is InChI=1S/C11H12ClN3O2/c1-6-2-3-7(4-8(6)12)13-9-5-10(16)15-11(17)14-9/h2-4,9,13H,5H2,1H3,(H2,14,15,16,17). The van der Waals surface area contributed by atoms with Crippen LogP contribution in [-0.2, 0) is 4.79 Å². The van der Waals surface area contributed by atoms with Crippen molar-refractivity contribution in [1.82, 2.24) is 10.6 Å². The van der Waals surface area contributed by atoms with Crippen LogP contribution in [0.1, 0.15) is 12.0 Å². The number of amides is 3. The van der Waals surface area contributed by atoms with E-state index in [0.29, 0.717) is 5.02 Å². The van der Waals surface area contributed by atoms with Gasteiger partial charge in [-0.25, -0.2) is 4.79 Å². The lowest BCUT2D eigenvalue weighted by Gasteiger charge is -2.25. The predicted octanol–water partition coefficient (Wildman–Crippen LogP) is 1.62. The second-order valence-electron chi connectivity index (χ2n) is 3.89. The number of nitrogens with one attached hydrogen (secondary N) is 3. The lowest BCUT2D eigenvalue weighted by Crippen LogP contribution is -2.55. The van der Waals surface area contributed by atoms with Gasteiger partial charge in [0.2, 0.25) is 5.91 Å². The zero-order valence-electron chi connectivity index (χ0n) is 9.21. The molecule has 17 heavy (non-hydrogen) atoms. The first-order chi connectivity index (χ1) is 8.04. The molecule has 1 heterocycles. The third kappa shape index (κ3) is 2.88. The van der Waals surface area contributed by atoms with Gasteiger partial charge in [0.25, 0.3) is 0 Å². The van der Waals surface area contributed by atoms with E-state index in [1.165, 1.54) is 0 Å².